The van der Waals surface area contributed by atoms with Gasteiger partial charge in [-0.2, -0.15) is 0 Å². The molecule has 3 heteroatoms. The van der Waals surface area contributed by atoms with E-state index in [9.17, 15) is 4.79 Å². The average molecular weight is 141 g/mol. The fraction of sp³-hybridized carbons (Fsp3) is 0.429. The molecule has 0 aromatic heterocycles. The summed E-state index contributed by atoms with van der Waals surface area (Å²) in [5.74, 6) is -0.826. The average Bonchev–Trinajstić information content (AvgIpc) is 1.85. The smallest absolute Gasteiger partial charge is 0.303 e. The first kappa shape index (κ1) is 8.95. The molecule has 56 valence electrons. The van der Waals surface area contributed by atoms with Gasteiger partial charge < -0.3 is 10.8 Å². The van der Waals surface area contributed by atoms with Crippen LogP contribution >= 0.6 is 0 Å². The van der Waals surface area contributed by atoms with E-state index in [0.29, 0.717) is 6.42 Å². The number of nitrogens with two attached hydrogens (primary N) is 1. The minimum Gasteiger partial charge on any atom is -0.481 e. The number of rotatable bonds is 4. The topological polar surface area (TPSA) is 63.3 Å². The summed E-state index contributed by atoms with van der Waals surface area (Å²) in [4.78, 5) is 10.0. The third-order valence-electron chi connectivity index (χ3n) is 1.02. The molecule has 0 aromatic carbocycles. The van der Waals surface area contributed by atoms with E-state index in [4.69, 9.17) is 10.8 Å². The van der Waals surface area contributed by atoms with E-state index in [1.807, 2.05) is 0 Å². The minimum atomic E-state index is -0.826. The van der Waals surface area contributed by atoms with Crippen LogP contribution in [0.25, 0.3) is 0 Å². The van der Waals surface area contributed by atoms with Crippen molar-refractivity contribution >= 4 is 5.97 Å². The Labute approximate surface area is 59.8 Å². The summed E-state index contributed by atoms with van der Waals surface area (Å²) in [6.45, 7) is 3.32. The van der Waals surface area contributed by atoms with Gasteiger partial charge in [-0.1, -0.05) is 6.58 Å². The second-order valence-corrected chi connectivity index (χ2v) is 1.97. The zero-order chi connectivity index (χ0) is 7.98. The Hall–Kier alpha value is -1.05. The van der Waals surface area contributed by atoms with Crippen molar-refractivity contribution in [1.29, 1.82) is 0 Å². The van der Waals surface area contributed by atoms with E-state index < -0.39 is 5.97 Å². The minimum absolute atomic E-state index is 0.0966. The van der Waals surface area contributed by atoms with Crippen LogP contribution in [-0.4, -0.2) is 17.1 Å². The first-order valence-corrected chi connectivity index (χ1v) is 3.00. The van der Waals surface area contributed by atoms with Crippen LogP contribution in [0, 0.1) is 0 Å². The molecular weight excluding hydrogens is 130 g/mol. The van der Waals surface area contributed by atoms with Gasteiger partial charge in [-0.05, 0) is 12.5 Å². The molecule has 0 amide bonds. The fourth-order valence-electron chi connectivity index (χ4n) is 0.525. The predicted octanol–water partition coefficient (Wildman–Crippen LogP) is 0.520. The van der Waals surface area contributed by atoms with Crippen LogP contribution < -0.4 is 5.73 Å². The molecule has 0 heterocycles. The molecule has 0 radical (unpaired) electrons. The van der Waals surface area contributed by atoms with E-state index >= 15 is 0 Å². The molecule has 0 rings (SSSR count). The Morgan fingerprint density at radius 2 is 2.50 bits per heavy atom. The second-order valence-electron chi connectivity index (χ2n) is 1.97. The van der Waals surface area contributed by atoms with Gasteiger partial charge in [-0.25, -0.2) is 0 Å². The molecule has 0 aliphatic carbocycles. The largest absolute Gasteiger partial charge is 0.481 e. The Kier molecular flexibility index (Phi) is 4.29. The number of carboxylic acids is 1. The maximum atomic E-state index is 10.0. The number of carboxylic acid groups (broad SMARTS) is 1. The molecule has 0 spiro atoms. The van der Waals surface area contributed by atoms with E-state index in [1.165, 1.54) is 0 Å². The normalized spacial score (nSPS) is 11.7. The summed E-state index contributed by atoms with van der Waals surface area (Å²) in [7, 11) is 0. The summed E-state index contributed by atoms with van der Waals surface area (Å²) in [5, 5.41) is 8.23. The summed E-state index contributed by atoms with van der Waals surface area (Å²) < 4.78 is 0. The Bertz CT molecular complexity index is 159. The Morgan fingerprint density at radius 3 is 2.90 bits per heavy atom. The van der Waals surface area contributed by atoms with Gasteiger partial charge in [0.1, 0.15) is 0 Å². The van der Waals surface area contributed by atoms with Gasteiger partial charge in [0.15, 0.2) is 0 Å². The van der Waals surface area contributed by atoms with Crippen molar-refractivity contribution in [3.8, 4) is 0 Å². The lowest BCUT2D eigenvalue weighted by molar-refractivity contribution is -0.137. The van der Waals surface area contributed by atoms with E-state index in [1.54, 1.807) is 6.08 Å². The number of carbonyl (C=O) groups is 1. The molecule has 0 aromatic rings. The highest BCUT2D eigenvalue weighted by atomic mass is 16.4. The van der Waals surface area contributed by atoms with Gasteiger partial charge in [0.2, 0.25) is 0 Å². The molecule has 10 heavy (non-hydrogen) atoms. The SMILES string of the molecule is C=C=C[C@@H](N)CCC(=O)O. The third-order valence-corrected chi connectivity index (χ3v) is 1.02. The van der Waals surface area contributed by atoms with E-state index in [0.717, 1.165) is 0 Å². The second kappa shape index (κ2) is 4.79. The van der Waals surface area contributed by atoms with Gasteiger partial charge >= 0.3 is 5.97 Å². The molecular formula is C7H11NO2. The third kappa shape index (κ3) is 5.09. The summed E-state index contributed by atoms with van der Waals surface area (Å²) in [6.07, 6.45) is 2.10. The first-order chi connectivity index (χ1) is 4.66. The van der Waals surface area contributed by atoms with Crippen molar-refractivity contribution in [1.82, 2.24) is 0 Å². The zero-order valence-corrected chi connectivity index (χ0v) is 5.71. The van der Waals surface area contributed by atoms with Crippen molar-refractivity contribution in [2.45, 2.75) is 18.9 Å². The monoisotopic (exact) mass is 141 g/mol. The molecule has 0 aliphatic rings. The first-order valence-electron chi connectivity index (χ1n) is 3.00. The Balaban J connectivity index is 3.48. The van der Waals surface area contributed by atoms with Crippen LogP contribution in [0.15, 0.2) is 18.4 Å². The van der Waals surface area contributed by atoms with Crippen LogP contribution in [0.4, 0.5) is 0 Å². The van der Waals surface area contributed by atoms with Crippen LogP contribution in [0.1, 0.15) is 12.8 Å². The highest BCUT2D eigenvalue weighted by molar-refractivity contribution is 5.66. The molecule has 0 unspecified atom stereocenters. The molecule has 0 fully saturated rings. The van der Waals surface area contributed by atoms with Crippen LogP contribution in [0.2, 0.25) is 0 Å². The van der Waals surface area contributed by atoms with E-state index in [-0.39, 0.29) is 12.5 Å². The molecule has 1 atom stereocenters. The van der Waals surface area contributed by atoms with Crippen molar-refractivity contribution in [2.24, 2.45) is 5.73 Å². The van der Waals surface area contributed by atoms with Gasteiger partial charge in [0.05, 0.1) is 0 Å². The lowest BCUT2D eigenvalue weighted by Gasteiger charge is -2.00. The number of hydrogen-bond donors (Lipinski definition) is 2. The van der Waals surface area contributed by atoms with Gasteiger partial charge in [0.25, 0.3) is 0 Å². The lowest BCUT2D eigenvalue weighted by Crippen LogP contribution is -2.17. The number of hydrogen-bond acceptors (Lipinski definition) is 2. The van der Waals surface area contributed by atoms with Crippen molar-refractivity contribution in [3.63, 3.8) is 0 Å². The van der Waals surface area contributed by atoms with Crippen molar-refractivity contribution in [2.75, 3.05) is 0 Å². The molecule has 0 aliphatic heterocycles. The lowest BCUT2D eigenvalue weighted by atomic mass is 10.2. The maximum Gasteiger partial charge on any atom is 0.303 e. The molecule has 0 bridgehead atoms. The summed E-state index contributed by atoms with van der Waals surface area (Å²) in [5.41, 5.74) is 7.91. The Morgan fingerprint density at radius 1 is 1.90 bits per heavy atom. The molecule has 3 N–H and O–H groups in total. The standard InChI is InChI=1S/C7H11NO2/c1-2-3-6(8)4-5-7(9)10/h3,6H,1,4-5,8H2,(H,9,10)/t6-/m1/s1. The summed E-state index contributed by atoms with van der Waals surface area (Å²) in [6, 6.07) is -0.228. The van der Waals surface area contributed by atoms with Crippen molar-refractivity contribution in [3.05, 3.63) is 18.4 Å². The van der Waals surface area contributed by atoms with Gasteiger partial charge in [0, 0.05) is 12.5 Å². The zero-order valence-electron chi connectivity index (χ0n) is 5.71. The van der Waals surface area contributed by atoms with Crippen LogP contribution in [0.3, 0.4) is 0 Å². The quantitative estimate of drug-likeness (QED) is 0.561. The molecule has 3 nitrogen and oxygen atoms in total. The molecule has 0 saturated heterocycles. The molecule has 0 saturated carbocycles. The van der Waals surface area contributed by atoms with Gasteiger partial charge in [-0.3, -0.25) is 4.79 Å². The highest BCUT2D eigenvalue weighted by Gasteiger charge is 2.00. The number of aliphatic carboxylic acids is 1. The van der Waals surface area contributed by atoms with E-state index in [2.05, 4.69) is 12.3 Å². The van der Waals surface area contributed by atoms with Crippen molar-refractivity contribution < 1.29 is 9.90 Å². The maximum absolute atomic E-state index is 10.0. The van der Waals surface area contributed by atoms with Gasteiger partial charge in [-0.15, -0.1) is 5.73 Å². The highest BCUT2D eigenvalue weighted by Crippen LogP contribution is 1.94. The predicted molar refractivity (Wildman–Crippen MR) is 38.6 cm³/mol. The fourth-order valence-corrected chi connectivity index (χ4v) is 0.525. The van der Waals surface area contributed by atoms with Crippen LogP contribution in [-0.2, 0) is 4.79 Å². The van der Waals surface area contributed by atoms with Crippen LogP contribution in [0.5, 0.6) is 0 Å². The summed E-state index contributed by atoms with van der Waals surface area (Å²) >= 11 is 0.